The van der Waals surface area contributed by atoms with E-state index in [0.29, 0.717) is 5.56 Å². The molecule has 40 heavy (non-hydrogen) atoms. The molecule has 1 aromatic carbocycles. The van der Waals surface area contributed by atoms with E-state index in [0.717, 1.165) is 62.3 Å². The summed E-state index contributed by atoms with van der Waals surface area (Å²) in [5.74, 6) is 0.536. The molecule has 9 heteroatoms. The molecule has 1 saturated heterocycles. The van der Waals surface area contributed by atoms with Crippen molar-refractivity contribution in [3.05, 3.63) is 53.7 Å². The number of hydrogen-bond acceptors (Lipinski definition) is 7. The highest BCUT2D eigenvalue weighted by atomic mass is 16.6. The number of fused-ring (bicyclic) bond motifs is 1. The Labute approximate surface area is 236 Å². The monoisotopic (exact) mass is 547 g/mol. The summed E-state index contributed by atoms with van der Waals surface area (Å²) in [5, 5.41) is 0.786. The van der Waals surface area contributed by atoms with Crippen LogP contribution >= 0.6 is 0 Å². The number of aromatic nitrogens is 2. The number of ether oxygens (including phenoxy) is 2. The number of pyridine rings is 1. The fraction of sp³-hybridized carbons (Fsp3) is 0.516. The summed E-state index contributed by atoms with van der Waals surface area (Å²) in [6.45, 7) is 11.4. The van der Waals surface area contributed by atoms with Crippen LogP contribution in [-0.4, -0.2) is 78.5 Å². The standard InChI is InChI=1S/C31H41N5O4/c1-7-21-8-10-22(11-9-21)34-14-16-35(17-15-34)27-13-12-25-26(29(37)39-6)20-36(28(25)32-27)24-18-23(19-24)33(5)30(38)40-31(2,3)4/h8-13,20,23-24H,7,14-19H2,1-6H3. The fourth-order valence-electron chi connectivity index (χ4n) is 5.56. The number of piperazine rings is 1. The maximum absolute atomic E-state index is 12.6. The summed E-state index contributed by atoms with van der Waals surface area (Å²) >= 11 is 0. The largest absolute Gasteiger partial charge is 0.465 e. The molecule has 9 nitrogen and oxygen atoms in total. The molecule has 2 fully saturated rings. The summed E-state index contributed by atoms with van der Waals surface area (Å²) in [4.78, 5) is 36.7. The normalized spacial score (nSPS) is 19.4. The Kier molecular flexibility index (Phi) is 7.66. The zero-order chi connectivity index (χ0) is 28.6. The van der Waals surface area contributed by atoms with Crippen LogP contribution in [0, 0.1) is 0 Å². The van der Waals surface area contributed by atoms with Crippen molar-refractivity contribution in [3.63, 3.8) is 0 Å². The molecule has 214 valence electrons. The van der Waals surface area contributed by atoms with Crippen LogP contribution in [0.15, 0.2) is 42.6 Å². The van der Waals surface area contributed by atoms with Gasteiger partial charge in [-0.25, -0.2) is 14.6 Å². The van der Waals surface area contributed by atoms with E-state index in [4.69, 9.17) is 14.5 Å². The van der Waals surface area contributed by atoms with Crippen molar-refractivity contribution in [3.8, 4) is 0 Å². The minimum atomic E-state index is -0.536. The first-order valence-electron chi connectivity index (χ1n) is 14.2. The van der Waals surface area contributed by atoms with E-state index < -0.39 is 5.60 Å². The smallest absolute Gasteiger partial charge is 0.410 e. The number of esters is 1. The number of rotatable bonds is 6. The van der Waals surface area contributed by atoms with Gasteiger partial charge in [-0.1, -0.05) is 19.1 Å². The van der Waals surface area contributed by atoms with Crippen LogP contribution in [0.1, 0.15) is 62.5 Å². The van der Waals surface area contributed by atoms with Crippen LogP contribution < -0.4 is 9.80 Å². The molecule has 3 heterocycles. The Morgan fingerprint density at radius 3 is 2.25 bits per heavy atom. The molecule has 3 aromatic rings. The van der Waals surface area contributed by atoms with Gasteiger partial charge in [-0.15, -0.1) is 0 Å². The van der Waals surface area contributed by atoms with Crippen LogP contribution in [0.3, 0.4) is 0 Å². The average molecular weight is 548 g/mol. The molecule has 0 atom stereocenters. The molecule has 1 amide bonds. The van der Waals surface area contributed by atoms with Crippen molar-refractivity contribution >= 4 is 34.6 Å². The van der Waals surface area contributed by atoms with Crippen LogP contribution in [0.2, 0.25) is 0 Å². The van der Waals surface area contributed by atoms with Gasteiger partial charge in [0.15, 0.2) is 0 Å². The lowest BCUT2D eigenvalue weighted by atomic mass is 9.85. The van der Waals surface area contributed by atoms with E-state index in [1.807, 2.05) is 39.1 Å². The number of benzene rings is 1. The van der Waals surface area contributed by atoms with Crippen molar-refractivity contribution in [1.29, 1.82) is 0 Å². The molecule has 1 aliphatic heterocycles. The van der Waals surface area contributed by atoms with Gasteiger partial charge in [0.2, 0.25) is 0 Å². The first-order valence-corrected chi connectivity index (χ1v) is 14.2. The minimum absolute atomic E-state index is 0.0709. The Bertz CT molecular complexity index is 1360. The molecule has 0 N–H and O–H groups in total. The third-order valence-electron chi connectivity index (χ3n) is 8.09. The van der Waals surface area contributed by atoms with Gasteiger partial charge < -0.3 is 28.7 Å². The molecular weight excluding hydrogens is 506 g/mol. The highest BCUT2D eigenvalue weighted by Crippen LogP contribution is 2.39. The molecule has 5 rings (SSSR count). The predicted octanol–water partition coefficient (Wildman–Crippen LogP) is 5.28. The molecule has 2 aromatic heterocycles. The SMILES string of the molecule is CCc1ccc(N2CCN(c3ccc4c(C(=O)OC)cn(C5CC(N(C)C(=O)OC(C)(C)C)C5)c4n3)CC2)cc1. The van der Waals surface area contributed by atoms with Gasteiger partial charge in [-0.05, 0) is 69.9 Å². The van der Waals surface area contributed by atoms with Gasteiger partial charge in [0, 0.05) is 62.6 Å². The number of carbonyl (C=O) groups is 2. The lowest BCUT2D eigenvalue weighted by Crippen LogP contribution is -2.47. The van der Waals surface area contributed by atoms with Crippen LogP contribution in [-0.2, 0) is 15.9 Å². The molecule has 0 unspecified atom stereocenters. The number of nitrogens with zero attached hydrogens (tertiary/aromatic N) is 5. The Hall–Kier alpha value is -3.75. The lowest BCUT2D eigenvalue weighted by Gasteiger charge is -2.42. The van der Waals surface area contributed by atoms with Crippen molar-refractivity contribution in [2.24, 2.45) is 0 Å². The second kappa shape index (κ2) is 11.0. The number of hydrogen-bond donors (Lipinski definition) is 0. The van der Waals surface area contributed by atoms with Crippen molar-refractivity contribution in [1.82, 2.24) is 14.5 Å². The molecule has 0 bridgehead atoms. The number of carbonyl (C=O) groups excluding carboxylic acids is 2. The van der Waals surface area contributed by atoms with Gasteiger partial charge in [0.25, 0.3) is 0 Å². The second-order valence-electron chi connectivity index (χ2n) is 11.8. The lowest BCUT2D eigenvalue weighted by molar-refractivity contribution is 0.00809. The minimum Gasteiger partial charge on any atom is -0.465 e. The van der Waals surface area contributed by atoms with Gasteiger partial charge in [-0.2, -0.15) is 0 Å². The van der Waals surface area contributed by atoms with Crippen molar-refractivity contribution in [2.45, 2.75) is 64.6 Å². The highest BCUT2D eigenvalue weighted by molar-refractivity contribution is 6.03. The maximum atomic E-state index is 12.6. The molecule has 1 aliphatic carbocycles. The highest BCUT2D eigenvalue weighted by Gasteiger charge is 2.38. The maximum Gasteiger partial charge on any atom is 0.410 e. The summed E-state index contributed by atoms with van der Waals surface area (Å²) in [6, 6.07) is 13.0. The summed E-state index contributed by atoms with van der Waals surface area (Å²) in [6.07, 6.45) is 4.12. The molecule has 2 aliphatic rings. The summed E-state index contributed by atoms with van der Waals surface area (Å²) < 4.78 is 12.7. The van der Waals surface area contributed by atoms with E-state index in [-0.39, 0.29) is 24.1 Å². The molecule has 0 spiro atoms. The van der Waals surface area contributed by atoms with Gasteiger partial charge in [-0.3, -0.25) is 0 Å². The molecular formula is C31H41N5O4. The van der Waals surface area contributed by atoms with Crippen LogP contribution in [0.5, 0.6) is 0 Å². The number of methoxy groups -OCH3 is 1. The van der Waals surface area contributed by atoms with Crippen molar-refractivity contribution in [2.75, 3.05) is 50.1 Å². The van der Waals surface area contributed by atoms with Crippen LogP contribution in [0.25, 0.3) is 11.0 Å². The van der Waals surface area contributed by atoms with E-state index in [9.17, 15) is 9.59 Å². The third-order valence-corrected chi connectivity index (χ3v) is 8.09. The topological polar surface area (TPSA) is 80.1 Å². The Balaban J connectivity index is 1.32. The Morgan fingerprint density at radius 1 is 1.00 bits per heavy atom. The molecule has 1 saturated carbocycles. The zero-order valence-electron chi connectivity index (χ0n) is 24.5. The number of anilines is 2. The van der Waals surface area contributed by atoms with Gasteiger partial charge in [0.1, 0.15) is 17.1 Å². The predicted molar refractivity (Wildman–Crippen MR) is 157 cm³/mol. The quantitative estimate of drug-likeness (QED) is 0.388. The summed E-state index contributed by atoms with van der Waals surface area (Å²) in [7, 11) is 3.19. The first kappa shape index (κ1) is 27.8. The third kappa shape index (κ3) is 5.60. The first-order chi connectivity index (χ1) is 19.1. The second-order valence-corrected chi connectivity index (χ2v) is 11.8. The summed E-state index contributed by atoms with van der Waals surface area (Å²) in [5.41, 5.74) is 3.36. The fourth-order valence-corrected chi connectivity index (χ4v) is 5.56. The number of aryl methyl sites for hydroxylation is 1. The van der Waals surface area contributed by atoms with E-state index in [1.165, 1.54) is 18.4 Å². The molecule has 0 radical (unpaired) electrons. The average Bonchev–Trinajstić information content (AvgIpc) is 3.29. The Morgan fingerprint density at radius 2 is 1.65 bits per heavy atom. The van der Waals surface area contributed by atoms with Crippen LogP contribution in [0.4, 0.5) is 16.3 Å². The van der Waals surface area contributed by atoms with E-state index in [2.05, 4.69) is 45.6 Å². The van der Waals surface area contributed by atoms with E-state index in [1.54, 1.807) is 11.9 Å². The van der Waals surface area contributed by atoms with E-state index >= 15 is 0 Å². The number of amides is 1. The van der Waals surface area contributed by atoms with Gasteiger partial charge >= 0.3 is 12.1 Å². The van der Waals surface area contributed by atoms with Gasteiger partial charge in [0.05, 0.1) is 12.7 Å². The zero-order valence-corrected chi connectivity index (χ0v) is 24.5. The van der Waals surface area contributed by atoms with Crippen molar-refractivity contribution < 1.29 is 19.1 Å².